The molecule has 2 aromatic carbocycles. The van der Waals surface area contributed by atoms with Gasteiger partial charge in [-0.25, -0.2) is 15.0 Å². The van der Waals surface area contributed by atoms with Crippen LogP contribution in [0.3, 0.4) is 0 Å². The Morgan fingerprint density at radius 3 is 2.15 bits per heavy atom. The maximum absolute atomic E-state index is 10.5. The van der Waals surface area contributed by atoms with Crippen LogP contribution in [0.5, 0.6) is 0 Å². The highest BCUT2D eigenvalue weighted by Crippen LogP contribution is 2.33. The molecule has 3 heterocycles. The fraction of sp³-hybridized carbons (Fsp3) is 0.292. The quantitative estimate of drug-likeness (QED) is 0.348. The summed E-state index contributed by atoms with van der Waals surface area (Å²) in [6, 6.07) is 20.2. The van der Waals surface area contributed by atoms with Gasteiger partial charge in [-0.1, -0.05) is 60.7 Å². The molecule has 0 radical (unpaired) electrons. The van der Waals surface area contributed by atoms with Gasteiger partial charge < -0.3 is 25.8 Å². The molecule has 0 saturated carbocycles. The van der Waals surface area contributed by atoms with Crippen LogP contribution in [-0.2, 0) is 11.2 Å². The van der Waals surface area contributed by atoms with Crippen molar-refractivity contribution >= 4 is 17.0 Å². The van der Waals surface area contributed by atoms with Gasteiger partial charge in [0.1, 0.15) is 29.7 Å². The van der Waals surface area contributed by atoms with E-state index in [-0.39, 0.29) is 11.7 Å². The van der Waals surface area contributed by atoms with Crippen molar-refractivity contribution in [3.8, 4) is 0 Å². The Bertz CT molecular complexity index is 1190. The first-order valence-electron chi connectivity index (χ1n) is 10.8. The molecule has 0 amide bonds. The van der Waals surface area contributed by atoms with Gasteiger partial charge in [0.25, 0.3) is 0 Å². The molecular weight excluding hydrogens is 422 g/mol. The summed E-state index contributed by atoms with van der Waals surface area (Å²) in [5.74, 6) is 0.751. The second-order valence-corrected chi connectivity index (χ2v) is 8.16. The third-order valence-corrected chi connectivity index (χ3v) is 6.08. The first-order chi connectivity index (χ1) is 16.1. The highest BCUT2D eigenvalue weighted by atomic mass is 16.6. The summed E-state index contributed by atoms with van der Waals surface area (Å²) in [7, 11) is 0. The number of hydrogen-bond donors (Lipinski definition) is 4. The van der Waals surface area contributed by atoms with Crippen LogP contribution in [0.15, 0.2) is 67.0 Å². The number of imidazole rings is 1. The van der Waals surface area contributed by atoms with E-state index in [2.05, 4.69) is 34.2 Å². The normalized spacial score (nSPS) is 22.9. The number of benzene rings is 2. The first-order valence-corrected chi connectivity index (χ1v) is 10.8. The van der Waals surface area contributed by atoms with Crippen LogP contribution < -0.4 is 5.73 Å². The molecule has 5 rings (SSSR count). The molecule has 170 valence electrons. The monoisotopic (exact) mass is 447 g/mol. The summed E-state index contributed by atoms with van der Waals surface area (Å²) in [6.07, 6.45) is -2.39. The van der Waals surface area contributed by atoms with Crippen LogP contribution in [0.4, 0.5) is 5.82 Å². The van der Waals surface area contributed by atoms with Gasteiger partial charge in [0.15, 0.2) is 17.7 Å². The Labute approximate surface area is 190 Å². The minimum absolute atomic E-state index is 0.00883. The molecule has 5 N–H and O–H groups in total. The molecule has 0 spiro atoms. The lowest BCUT2D eigenvalue weighted by atomic mass is 9.88. The number of nitrogens with two attached hydrogens (primary N) is 1. The molecule has 9 nitrogen and oxygen atoms in total. The van der Waals surface area contributed by atoms with Crippen LogP contribution in [0.1, 0.15) is 29.1 Å². The molecule has 9 heteroatoms. The second kappa shape index (κ2) is 8.87. The molecule has 4 atom stereocenters. The number of aromatic nitrogens is 4. The fourth-order valence-corrected chi connectivity index (χ4v) is 4.35. The zero-order valence-electron chi connectivity index (χ0n) is 17.8. The van der Waals surface area contributed by atoms with Crippen molar-refractivity contribution in [1.82, 2.24) is 19.5 Å². The Morgan fingerprint density at radius 2 is 1.58 bits per heavy atom. The van der Waals surface area contributed by atoms with Crippen LogP contribution >= 0.6 is 0 Å². The van der Waals surface area contributed by atoms with Crippen molar-refractivity contribution in [2.45, 2.75) is 36.9 Å². The predicted molar refractivity (Wildman–Crippen MR) is 121 cm³/mol. The van der Waals surface area contributed by atoms with Crippen molar-refractivity contribution in [3.63, 3.8) is 0 Å². The van der Waals surface area contributed by atoms with Gasteiger partial charge in [-0.05, 0) is 11.1 Å². The SMILES string of the molecule is Nc1nc(CC(c2ccccc2)c2ccccc2)nc2c1ncn2[C@@H]1O[C@H](CO)[C@@H](O)[C@H]1O. The third-order valence-electron chi connectivity index (χ3n) is 6.08. The summed E-state index contributed by atoms with van der Waals surface area (Å²) in [4.78, 5) is 13.5. The minimum Gasteiger partial charge on any atom is -0.394 e. The van der Waals surface area contributed by atoms with Crippen LogP contribution in [0, 0.1) is 0 Å². The van der Waals surface area contributed by atoms with Crippen LogP contribution in [0.2, 0.25) is 0 Å². The van der Waals surface area contributed by atoms with Gasteiger partial charge in [0.05, 0.1) is 12.9 Å². The maximum atomic E-state index is 10.5. The Kier molecular flexibility index (Phi) is 5.77. The van der Waals surface area contributed by atoms with Crippen molar-refractivity contribution in [2.75, 3.05) is 12.3 Å². The fourth-order valence-electron chi connectivity index (χ4n) is 4.35. The molecule has 1 aliphatic rings. The summed E-state index contributed by atoms with van der Waals surface area (Å²) >= 11 is 0. The zero-order chi connectivity index (χ0) is 22.9. The molecule has 0 bridgehead atoms. The van der Waals surface area contributed by atoms with E-state index in [9.17, 15) is 15.3 Å². The number of ether oxygens (including phenoxy) is 1. The Balaban J connectivity index is 1.54. The van der Waals surface area contributed by atoms with Gasteiger partial charge in [0.2, 0.25) is 0 Å². The predicted octanol–water partition coefficient (Wildman–Crippen LogP) is 1.39. The summed E-state index contributed by atoms with van der Waals surface area (Å²) in [5, 5.41) is 30.0. The summed E-state index contributed by atoms with van der Waals surface area (Å²) in [5.41, 5.74) is 9.25. The first kappa shape index (κ1) is 21.5. The van der Waals surface area contributed by atoms with Crippen molar-refractivity contribution in [2.24, 2.45) is 0 Å². The standard InChI is InChI=1S/C24H25N5O4/c25-22-19-23(29(13-26-19)24-21(32)20(31)17(12-30)33-24)28-18(27-22)11-16(14-7-3-1-4-8-14)15-9-5-2-6-10-15/h1-10,13,16-17,20-21,24,30-32H,11-12H2,(H2,25,27,28)/t17-,20-,21-,24-/m1/s1. The highest BCUT2D eigenvalue weighted by molar-refractivity contribution is 5.81. The van der Waals surface area contributed by atoms with Crippen molar-refractivity contribution in [1.29, 1.82) is 0 Å². The van der Waals surface area contributed by atoms with Gasteiger partial charge in [0, 0.05) is 12.3 Å². The van der Waals surface area contributed by atoms with E-state index in [0.29, 0.717) is 23.4 Å². The molecule has 1 aliphatic heterocycles. The van der Waals surface area contributed by atoms with E-state index in [0.717, 1.165) is 11.1 Å². The van der Waals surface area contributed by atoms with Crippen molar-refractivity contribution in [3.05, 3.63) is 83.9 Å². The van der Waals surface area contributed by atoms with E-state index in [4.69, 9.17) is 15.5 Å². The smallest absolute Gasteiger partial charge is 0.167 e. The molecule has 0 unspecified atom stereocenters. The number of fused-ring (bicyclic) bond motifs is 1. The number of nitrogens with zero attached hydrogens (tertiary/aromatic N) is 4. The lowest BCUT2D eigenvalue weighted by Gasteiger charge is -2.19. The molecule has 2 aromatic heterocycles. The largest absolute Gasteiger partial charge is 0.394 e. The molecule has 4 aromatic rings. The molecule has 1 saturated heterocycles. The maximum Gasteiger partial charge on any atom is 0.167 e. The lowest BCUT2D eigenvalue weighted by Crippen LogP contribution is -2.33. The average Bonchev–Trinajstić information content (AvgIpc) is 3.39. The third kappa shape index (κ3) is 3.96. The number of hydrogen-bond acceptors (Lipinski definition) is 8. The highest BCUT2D eigenvalue weighted by Gasteiger charge is 2.44. The van der Waals surface area contributed by atoms with E-state index in [1.807, 2.05) is 36.4 Å². The van der Waals surface area contributed by atoms with E-state index >= 15 is 0 Å². The average molecular weight is 447 g/mol. The van der Waals surface area contributed by atoms with E-state index in [1.54, 1.807) is 0 Å². The summed E-state index contributed by atoms with van der Waals surface area (Å²) in [6.45, 7) is -0.417. The molecule has 1 fully saturated rings. The number of nitrogen functional groups attached to an aromatic ring is 1. The van der Waals surface area contributed by atoms with Gasteiger partial charge >= 0.3 is 0 Å². The van der Waals surface area contributed by atoms with E-state index < -0.39 is 31.1 Å². The zero-order valence-corrected chi connectivity index (χ0v) is 17.8. The van der Waals surface area contributed by atoms with Crippen molar-refractivity contribution < 1.29 is 20.1 Å². The van der Waals surface area contributed by atoms with Crippen LogP contribution in [0.25, 0.3) is 11.2 Å². The number of anilines is 1. The molecular formula is C24H25N5O4. The Hall–Kier alpha value is -3.37. The topological polar surface area (TPSA) is 140 Å². The number of aliphatic hydroxyl groups is 3. The number of aliphatic hydroxyl groups excluding tert-OH is 3. The molecule has 0 aliphatic carbocycles. The second-order valence-electron chi connectivity index (χ2n) is 8.16. The van der Waals surface area contributed by atoms with Gasteiger partial charge in [-0.3, -0.25) is 4.57 Å². The number of rotatable bonds is 6. The minimum atomic E-state index is -1.25. The molecule has 33 heavy (non-hydrogen) atoms. The summed E-state index contributed by atoms with van der Waals surface area (Å²) < 4.78 is 7.19. The Morgan fingerprint density at radius 1 is 0.939 bits per heavy atom. The van der Waals surface area contributed by atoms with Gasteiger partial charge in [-0.2, -0.15) is 0 Å². The van der Waals surface area contributed by atoms with Gasteiger partial charge in [-0.15, -0.1) is 0 Å². The lowest BCUT2D eigenvalue weighted by molar-refractivity contribution is -0.0511. The van der Waals surface area contributed by atoms with Crippen LogP contribution in [-0.4, -0.2) is 59.8 Å². The van der Waals surface area contributed by atoms with E-state index in [1.165, 1.54) is 10.9 Å².